The van der Waals surface area contributed by atoms with Crippen molar-refractivity contribution in [1.82, 2.24) is 0 Å². The van der Waals surface area contributed by atoms with E-state index in [0.29, 0.717) is 17.2 Å². The maximum absolute atomic E-state index is 14.1. The molecule has 6 rings (SSSR count). The zero-order valence-electron chi connectivity index (χ0n) is 20.4. The summed E-state index contributed by atoms with van der Waals surface area (Å²) in [5, 5.41) is 6.06. The highest BCUT2D eigenvalue weighted by Gasteiger charge is 2.33. The first kappa shape index (κ1) is 29.2. The lowest BCUT2D eigenvalue weighted by Gasteiger charge is -2.20. The molecule has 4 nitrogen and oxygen atoms in total. The van der Waals surface area contributed by atoms with Gasteiger partial charge in [0, 0.05) is 32.8 Å². The van der Waals surface area contributed by atoms with Gasteiger partial charge in [0.1, 0.15) is 28.7 Å². The summed E-state index contributed by atoms with van der Waals surface area (Å²) in [4.78, 5) is 0. The molecular weight excluding hydrogens is 708 g/mol. The highest BCUT2D eigenvalue weighted by atomic mass is 32.9. The van der Waals surface area contributed by atoms with Gasteiger partial charge in [-0.25, -0.2) is 0 Å². The Balaban J connectivity index is 1.28. The number of hydrogen-bond donors (Lipinski definition) is 0. The molecule has 14 heteroatoms. The van der Waals surface area contributed by atoms with E-state index in [2.05, 4.69) is 0 Å². The molecule has 0 aliphatic rings. The highest BCUT2D eigenvalue weighted by Crippen LogP contribution is 2.50. The van der Waals surface area contributed by atoms with E-state index < -0.39 is 7.82 Å². The number of hydrogen-bond acceptors (Lipinski definition) is 13. The zero-order chi connectivity index (χ0) is 28.4. The summed E-state index contributed by atoms with van der Waals surface area (Å²) in [6, 6.07) is 21.6. The molecule has 0 saturated carbocycles. The Morgan fingerprint density at radius 1 is 0.463 bits per heavy atom. The molecule has 206 valence electrons. The summed E-state index contributed by atoms with van der Waals surface area (Å²) in [6.07, 6.45) is 0. The van der Waals surface area contributed by atoms with E-state index >= 15 is 0 Å². The SMILES string of the molecule is O=P(Oc1ccc(-c2cssc2=S)cc1)(Oc1ccc(-c2cssc2=S)cc1)Oc1ccc(-c2cssc2=S)cc1. The van der Waals surface area contributed by atoms with Crippen molar-refractivity contribution in [2.45, 2.75) is 0 Å². The van der Waals surface area contributed by atoms with E-state index in [1.54, 1.807) is 98.4 Å². The number of benzene rings is 3. The van der Waals surface area contributed by atoms with Gasteiger partial charge in [0.05, 0.1) is 0 Å². The average Bonchev–Trinajstić information content (AvgIpc) is 3.71. The monoisotopic (exact) mass is 722 g/mol. The smallest absolute Gasteiger partial charge is 0.386 e. The van der Waals surface area contributed by atoms with Crippen molar-refractivity contribution >= 4 is 107 Å². The van der Waals surface area contributed by atoms with Crippen molar-refractivity contribution in [3.63, 3.8) is 0 Å². The summed E-state index contributed by atoms with van der Waals surface area (Å²) >= 11 is 16.3. The molecule has 0 amide bonds. The molecule has 41 heavy (non-hydrogen) atoms. The second kappa shape index (κ2) is 12.8. The van der Waals surface area contributed by atoms with Crippen LogP contribution in [0.2, 0.25) is 0 Å². The fraction of sp³-hybridized carbons (Fsp3) is 0. The minimum absolute atomic E-state index is 0.334. The quantitative estimate of drug-likeness (QED) is 0.0836. The van der Waals surface area contributed by atoms with Crippen LogP contribution in [0.15, 0.2) is 88.9 Å². The van der Waals surface area contributed by atoms with Crippen molar-refractivity contribution in [1.29, 1.82) is 0 Å². The molecule has 0 bridgehead atoms. The van der Waals surface area contributed by atoms with Crippen molar-refractivity contribution in [3.8, 4) is 50.6 Å². The van der Waals surface area contributed by atoms with Gasteiger partial charge in [-0.15, -0.1) is 0 Å². The fourth-order valence-electron chi connectivity index (χ4n) is 3.71. The van der Waals surface area contributed by atoms with Crippen LogP contribution in [0, 0.1) is 11.5 Å². The van der Waals surface area contributed by atoms with Crippen LogP contribution in [0.3, 0.4) is 0 Å². The third-order valence-corrected chi connectivity index (χ3v) is 15.0. The first-order valence-corrected chi connectivity index (χ1v) is 20.9. The van der Waals surface area contributed by atoms with E-state index in [0.717, 1.165) is 44.9 Å². The molecule has 0 aliphatic heterocycles. The molecule has 3 aromatic carbocycles. The summed E-state index contributed by atoms with van der Waals surface area (Å²) in [5.74, 6) is 1.00. The Bertz CT molecular complexity index is 1780. The van der Waals surface area contributed by atoms with Crippen molar-refractivity contribution in [2.75, 3.05) is 0 Å². The van der Waals surface area contributed by atoms with Crippen LogP contribution in [0.1, 0.15) is 0 Å². The van der Waals surface area contributed by atoms with Gasteiger partial charge in [-0.05, 0) is 53.1 Å². The lowest BCUT2D eigenvalue weighted by molar-refractivity contribution is 0.298. The summed E-state index contributed by atoms with van der Waals surface area (Å²) in [6.45, 7) is 0. The predicted octanol–water partition coefficient (Wildman–Crippen LogP) is 12.9. The topological polar surface area (TPSA) is 44.8 Å². The molecule has 3 heterocycles. The number of rotatable bonds is 9. The molecule has 3 aromatic heterocycles. The van der Waals surface area contributed by atoms with Gasteiger partial charge < -0.3 is 13.6 Å². The number of phosphoric acid groups is 1. The average molecular weight is 723 g/mol. The van der Waals surface area contributed by atoms with E-state index in [-0.39, 0.29) is 0 Å². The lowest BCUT2D eigenvalue weighted by Crippen LogP contribution is -2.07. The fourth-order valence-corrected chi connectivity index (χ4v) is 12.2. The Kier molecular flexibility index (Phi) is 9.08. The third-order valence-electron chi connectivity index (χ3n) is 5.68. The highest BCUT2D eigenvalue weighted by molar-refractivity contribution is 7.80. The Hall–Kier alpha value is -1.90. The summed E-state index contributed by atoms with van der Waals surface area (Å²) in [5.41, 5.74) is 5.81. The van der Waals surface area contributed by atoms with Gasteiger partial charge in [-0.3, -0.25) is 0 Å². The maximum Gasteiger partial charge on any atom is 0.647 e. The molecule has 6 aromatic rings. The van der Waals surface area contributed by atoms with E-state index in [1.165, 1.54) is 0 Å². The van der Waals surface area contributed by atoms with Crippen molar-refractivity contribution in [2.24, 2.45) is 0 Å². The minimum atomic E-state index is -4.19. The molecule has 0 N–H and O–H groups in total. The molecule has 0 atom stereocenters. The van der Waals surface area contributed by atoms with E-state index in [1.807, 2.05) is 52.5 Å². The molecular formula is C27H15O4PS9. The van der Waals surface area contributed by atoms with Crippen LogP contribution >= 0.6 is 107 Å². The maximum atomic E-state index is 14.1. The normalized spacial score (nSPS) is 11.3. The standard InChI is InChI=1S/C27H15O4PS9/c28-32(29-19-7-1-16(2-8-19)22-13-36-39-25(22)33,30-20-9-3-17(4-10-20)23-14-37-40-26(23)34)31-21-11-5-18(6-12-21)24-15-38-41-27(24)35/h1-15H. The zero-order valence-corrected chi connectivity index (χ0v) is 28.7. The van der Waals surface area contributed by atoms with Gasteiger partial charge >= 0.3 is 7.82 Å². The summed E-state index contributed by atoms with van der Waals surface area (Å²) in [7, 11) is 5.23. The minimum Gasteiger partial charge on any atom is -0.386 e. The summed E-state index contributed by atoms with van der Waals surface area (Å²) < 4.78 is 34.3. The second-order valence-corrected chi connectivity index (χ2v) is 18.0. The molecule has 0 spiro atoms. The Morgan fingerprint density at radius 2 is 0.732 bits per heavy atom. The Labute approximate surface area is 273 Å². The Morgan fingerprint density at radius 3 is 0.951 bits per heavy atom. The van der Waals surface area contributed by atoms with Gasteiger partial charge in [0.15, 0.2) is 0 Å². The third kappa shape index (κ3) is 6.86. The van der Waals surface area contributed by atoms with Crippen LogP contribution in [-0.4, -0.2) is 0 Å². The van der Waals surface area contributed by atoms with Crippen LogP contribution in [0.4, 0.5) is 0 Å². The largest absolute Gasteiger partial charge is 0.647 e. The van der Waals surface area contributed by atoms with Gasteiger partial charge in [-0.2, -0.15) is 4.57 Å². The second-order valence-electron chi connectivity index (χ2n) is 8.29. The molecule has 0 fully saturated rings. The van der Waals surface area contributed by atoms with Crippen LogP contribution in [-0.2, 0) is 4.57 Å². The van der Waals surface area contributed by atoms with Gasteiger partial charge in [0.25, 0.3) is 0 Å². The number of phosphoric ester groups is 1. The van der Waals surface area contributed by atoms with Crippen molar-refractivity contribution < 1.29 is 18.1 Å². The van der Waals surface area contributed by atoms with E-state index in [9.17, 15) is 4.57 Å². The van der Waals surface area contributed by atoms with Crippen LogP contribution in [0.25, 0.3) is 33.4 Å². The molecule has 0 radical (unpaired) electrons. The van der Waals surface area contributed by atoms with Gasteiger partial charge in [-0.1, -0.05) is 135 Å². The van der Waals surface area contributed by atoms with Crippen LogP contribution in [0.5, 0.6) is 17.2 Å². The van der Waals surface area contributed by atoms with Crippen molar-refractivity contribution in [3.05, 3.63) is 100 Å². The molecule has 0 unspecified atom stereocenters. The van der Waals surface area contributed by atoms with Gasteiger partial charge in [0.2, 0.25) is 0 Å². The predicted molar refractivity (Wildman–Crippen MR) is 185 cm³/mol. The molecule has 0 saturated heterocycles. The first-order chi connectivity index (χ1) is 19.9. The van der Waals surface area contributed by atoms with E-state index in [4.69, 9.17) is 50.2 Å². The first-order valence-electron chi connectivity index (χ1n) is 11.6. The molecule has 0 aliphatic carbocycles. The lowest BCUT2D eigenvalue weighted by atomic mass is 10.1. The van der Waals surface area contributed by atoms with Crippen LogP contribution < -0.4 is 13.6 Å².